The molecule has 3 nitrogen and oxygen atoms in total. The summed E-state index contributed by atoms with van der Waals surface area (Å²) in [4.78, 5) is 13.9. The number of hydrogen-bond acceptors (Lipinski definition) is 3. The van der Waals surface area contributed by atoms with Crippen LogP contribution in [0.5, 0.6) is 0 Å². The van der Waals surface area contributed by atoms with E-state index in [9.17, 15) is 4.79 Å². The Kier molecular flexibility index (Phi) is 3.80. The number of nitrogens with one attached hydrogen (secondary N) is 1. The second-order valence-electron chi connectivity index (χ2n) is 3.85. The van der Waals surface area contributed by atoms with Gasteiger partial charge in [0.2, 0.25) is 0 Å². The van der Waals surface area contributed by atoms with Gasteiger partial charge in [0, 0.05) is 25.3 Å². The molecule has 1 fully saturated rings. The molecule has 0 aliphatic carbocycles. The highest BCUT2D eigenvalue weighted by molar-refractivity contribution is 6.28. The minimum absolute atomic E-state index is 0.0790. The van der Waals surface area contributed by atoms with Crippen molar-refractivity contribution in [1.82, 2.24) is 5.32 Å². The largest absolute Gasteiger partial charge is 0.359 e. The fraction of sp³-hybridized carbons (Fsp3) is 0.417. The smallest absolute Gasteiger partial charge is 0.171 e. The summed E-state index contributed by atoms with van der Waals surface area (Å²) < 4.78 is 0. The molecule has 0 amide bonds. The van der Waals surface area contributed by atoms with Crippen molar-refractivity contribution in [2.75, 3.05) is 30.4 Å². The van der Waals surface area contributed by atoms with Gasteiger partial charge in [-0.3, -0.25) is 4.79 Å². The fourth-order valence-corrected chi connectivity index (χ4v) is 2.19. The lowest BCUT2D eigenvalue weighted by atomic mass is 10.1. The van der Waals surface area contributed by atoms with E-state index in [2.05, 4.69) is 10.2 Å². The van der Waals surface area contributed by atoms with Crippen LogP contribution in [0.15, 0.2) is 30.3 Å². The molecule has 1 aliphatic heterocycles. The van der Waals surface area contributed by atoms with Gasteiger partial charge in [0.25, 0.3) is 0 Å². The van der Waals surface area contributed by atoms with Gasteiger partial charge >= 0.3 is 0 Å². The minimum Gasteiger partial charge on any atom is -0.359 e. The molecule has 1 aromatic rings. The lowest BCUT2D eigenvalue weighted by Gasteiger charge is -2.36. The van der Waals surface area contributed by atoms with E-state index in [4.69, 9.17) is 11.6 Å². The van der Waals surface area contributed by atoms with Gasteiger partial charge in [0.05, 0.1) is 5.88 Å². The van der Waals surface area contributed by atoms with E-state index >= 15 is 0 Å². The molecule has 0 radical (unpaired) electrons. The molecular formula is C12H15ClN2O. The third-order valence-corrected chi connectivity index (χ3v) is 3.10. The summed E-state index contributed by atoms with van der Waals surface area (Å²) in [5.41, 5.74) is 1.09. The number of rotatable bonds is 3. The normalized spacial score (nSPS) is 20.8. The maximum Gasteiger partial charge on any atom is 0.171 e. The highest BCUT2D eigenvalue weighted by Gasteiger charge is 2.27. The SMILES string of the molecule is O=C(CCl)C1CNCCN1c1ccccc1. The third-order valence-electron chi connectivity index (χ3n) is 2.83. The first-order chi connectivity index (χ1) is 7.83. The Bertz CT molecular complexity index is 355. The average molecular weight is 239 g/mol. The maximum absolute atomic E-state index is 11.7. The van der Waals surface area contributed by atoms with Crippen LogP contribution in [0.2, 0.25) is 0 Å². The molecule has 0 aromatic heterocycles. The van der Waals surface area contributed by atoms with Gasteiger partial charge in [-0.25, -0.2) is 0 Å². The van der Waals surface area contributed by atoms with Crippen molar-refractivity contribution < 1.29 is 4.79 Å². The van der Waals surface area contributed by atoms with E-state index in [1.54, 1.807) is 0 Å². The van der Waals surface area contributed by atoms with E-state index < -0.39 is 0 Å². The second-order valence-corrected chi connectivity index (χ2v) is 4.12. The van der Waals surface area contributed by atoms with Crippen molar-refractivity contribution >= 4 is 23.1 Å². The number of ketones is 1. The van der Waals surface area contributed by atoms with Crippen molar-refractivity contribution in [3.8, 4) is 0 Å². The van der Waals surface area contributed by atoms with E-state index in [1.165, 1.54) is 0 Å². The van der Waals surface area contributed by atoms with Crippen LogP contribution >= 0.6 is 11.6 Å². The van der Waals surface area contributed by atoms with Gasteiger partial charge in [-0.2, -0.15) is 0 Å². The van der Waals surface area contributed by atoms with Crippen molar-refractivity contribution in [1.29, 1.82) is 0 Å². The number of piperazine rings is 1. The van der Waals surface area contributed by atoms with E-state index in [0.717, 1.165) is 18.8 Å². The molecule has 1 atom stereocenters. The molecule has 4 heteroatoms. The van der Waals surface area contributed by atoms with Crippen LogP contribution in [0.3, 0.4) is 0 Å². The van der Waals surface area contributed by atoms with Crippen molar-refractivity contribution in [3.05, 3.63) is 30.3 Å². The lowest BCUT2D eigenvalue weighted by molar-refractivity contribution is -0.118. The first-order valence-corrected chi connectivity index (χ1v) is 5.97. The summed E-state index contributed by atoms with van der Waals surface area (Å²) >= 11 is 5.63. The van der Waals surface area contributed by atoms with Crippen LogP contribution in [0.25, 0.3) is 0 Å². The molecule has 16 heavy (non-hydrogen) atoms. The molecule has 1 N–H and O–H groups in total. The Hall–Kier alpha value is -1.06. The van der Waals surface area contributed by atoms with Gasteiger partial charge < -0.3 is 10.2 Å². The monoisotopic (exact) mass is 238 g/mol. The Balaban J connectivity index is 2.20. The van der Waals surface area contributed by atoms with Crippen LogP contribution in [-0.2, 0) is 4.79 Å². The molecule has 86 valence electrons. The third kappa shape index (κ3) is 2.36. The summed E-state index contributed by atoms with van der Waals surface area (Å²) in [5.74, 6) is 0.160. The summed E-state index contributed by atoms with van der Waals surface area (Å²) in [6.45, 7) is 2.43. The molecule has 1 aliphatic rings. The topological polar surface area (TPSA) is 32.3 Å². The zero-order chi connectivity index (χ0) is 11.4. The molecular weight excluding hydrogens is 224 g/mol. The fourth-order valence-electron chi connectivity index (χ4n) is 2.01. The van der Waals surface area contributed by atoms with Crippen LogP contribution in [0.4, 0.5) is 5.69 Å². The van der Waals surface area contributed by atoms with Gasteiger partial charge in [-0.15, -0.1) is 11.6 Å². The van der Waals surface area contributed by atoms with Crippen LogP contribution < -0.4 is 10.2 Å². The van der Waals surface area contributed by atoms with Gasteiger partial charge in [-0.1, -0.05) is 18.2 Å². The number of anilines is 1. The number of hydrogen-bond donors (Lipinski definition) is 1. The molecule has 1 unspecified atom stereocenters. The second kappa shape index (κ2) is 5.32. The zero-order valence-electron chi connectivity index (χ0n) is 9.03. The van der Waals surface area contributed by atoms with Crippen molar-refractivity contribution in [3.63, 3.8) is 0 Å². The van der Waals surface area contributed by atoms with Crippen molar-refractivity contribution in [2.24, 2.45) is 0 Å². The zero-order valence-corrected chi connectivity index (χ0v) is 9.78. The first-order valence-electron chi connectivity index (χ1n) is 5.44. The van der Waals surface area contributed by atoms with Gasteiger partial charge in [-0.05, 0) is 12.1 Å². The molecule has 1 heterocycles. The Morgan fingerprint density at radius 3 is 2.88 bits per heavy atom. The van der Waals surface area contributed by atoms with E-state index in [0.29, 0.717) is 6.54 Å². The Morgan fingerprint density at radius 1 is 1.44 bits per heavy atom. The predicted octanol–water partition coefficient (Wildman–Crippen LogP) is 1.27. The first kappa shape index (κ1) is 11.4. The number of nitrogens with zero attached hydrogens (tertiary/aromatic N) is 1. The molecule has 0 saturated carbocycles. The van der Waals surface area contributed by atoms with Crippen LogP contribution in [-0.4, -0.2) is 37.3 Å². The van der Waals surface area contributed by atoms with Crippen LogP contribution in [0, 0.1) is 0 Å². The number of halogens is 1. The number of alkyl halides is 1. The Labute approximate surface area is 100 Å². The molecule has 2 rings (SSSR count). The summed E-state index contributed by atoms with van der Waals surface area (Å²) in [5, 5.41) is 3.23. The number of benzene rings is 1. The van der Waals surface area contributed by atoms with Crippen molar-refractivity contribution in [2.45, 2.75) is 6.04 Å². The number of carbonyl (C=O) groups is 1. The summed E-state index contributed by atoms with van der Waals surface area (Å²) in [6.07, 6.45) is 0. The number of Topliss-reactive ketones (excluding diaryl/α,β-unsaturated/α-hetero) is 1. The summed E-state index contributed by atoms with van der Waals surface area (Å²) in [7, 11) is 0. The quantitative estimate of drug-likeness (QED) is 0.806. The van der Waals surface area contributed by atoms with Crippen LogP contribution in [0.1, 0.15) is 0 Å². The minimum atomic E-state index is -0.131. The maximum atomic E-state index is 11.7. The predicted molar refractivity (Wildman–Crippen MR) is 66.2 cm³/mol. The number of carbonyl (C=O) groups excluding carboxylic acids is 1. The van der Waals surface area contributed by atoms with Gasteiger partial charge in [0.1, 0.15) is 6.04 Å². The highest BCUT2D eigenvalue weighted by Crippen LogP contribution is 2.18. The highest BCUT2D eigenvalue weighted by atomic mass is 35.5. The lowest BCUT2D eigenvalue weighted by Crippen LogP contribution is -2.55. The molecule has 1 saturated heterocycles. The number of para-hydroxylation sites is 1. The average Bonchev–Trinajstić information content (AvgIpc) is 2.39. The van der Waals surface area contributed by atoms with Gasteiger partial charge in [0.15, 0.2) is 5.78 Å². The molecule has 1 aromatic carbocycles. The Morgan fingerprint density at radius 2 is 2.19 bits per heavy atom. The van der Waals surface area contributed by atoms with E-state index in [-0.39, 0.29) is 17.7 Å². The summed E-state index contributed by atoms with van der Waals surface area (Å²) in [6, 6.07) is 9.87. The standard InChI is InChI=1S/C12H15ClN2O/c13-8-12(16)11-9-14-6-7-15(11)10-4-2-1-3-5-10/h1-5,11,14H,6-9H2. The van der Waals surface area contributed by atoms with E-state index in [1.807, 2.05) is 30.3 Å². The molecule has 0 spiro atoms. The molecule has 0 bridgehead atoms.